The van der Waals surface area contributed by atoms with Crippen LogP contribution in [0.5, 0.6) is 11.6 Å². The summed E-state index contributed by atoms with van der Waals surface area (Å²) < 4.78 is 25.0. The predicted molar refractivity (Wildman–Crippen MR) is 113 cm³/mol. The number of carbonyl (C=O) groups excluding carboxylic acids is 1. The Bertz CT molecular complexity index is 1090. The van der Waals surface area contributed by atoms with Crippen molar-refractivity contribution in [2.24, 2.45) is 0 Å². The molecule has 1 aliphatic rings. The molecule has 1 aliphatic carbocycles. The van der Waals surface area contributed by atoms with E-state index in [0.717, 1.165) is 11.1 Å². The van der Waals surface area contributed by atoms with Gasteiger partial charge in [0.1, 0.15) is 17.3 Å². The van der Waals surface area contributed by atoms with Gasteiger partial charge >= 0.3 is 0 Å². The number of hydrogen-bond acceptors (Lipinski definition) is 6. The SMILES string of the molecule is CCOc1ccc(-c2cncc(C(=O)N[C@H]3CCc4c(OC)ccc(F)c4C3)n2)cn1. The number of benzene rings is 1. The van der Waals surface area contributed by atoms with Crippen molar-refractivity contribution < 1.29 is 18.7 Å². The summed E-state index contributed by atoms with van der Waals surface area (Å²) in [4.78, 5) is 25.6. The minimum Gasteiger partial charge on any atom is -0.496 e. The quantitative estimate of drug-likeness (QED) is 0.656. The molecule has 7 nitrogen and oxygen atoms in total. The zero-order valence-corrected chi connectivity index (χ0v) is 17.4. The molecule has 160 valence electrons. The van der Waals surface area contributed by atoms with Crippen molar-refractivity contribution in [3.05, 3.63) is 65.5 Å². The minimum absolute atomic E-state index is 0.195. The Balaban J connectivity index is 1.48. The van der Waals surface area contributed by atoms with Crippen molar-refractivity contribution in [3.63, 3.8) is 0 Å². The van der Waals surface area contributed by atoms with Crippen LogP contribution in [0.25, 0.3) is 11.3 Å². The van der Waals surface area contributed by atoms with Gasteiger partial charge in [0.2, 0.25) is 5.88 Å². The molecule has 0 unspecified atom stereocenters. The molecule has 0 fully saturated rings. The first-order chi connectivity index (χ1) is 15.1. The third-order valence-corrected chi connectivity index (χ3v) is 5.27. The van der Waals surface area contributed by atoms with Gasteiger partial charge < -0.3 is 14.8 Å². The number of nitrogens with zero attached hydrogens (tertiary/aromatic N) is 3. The Labute approximate surface area is 179 Å². The third-order valence-electron chi connectivity index (χ3n) is 5.27. The summed E-state index contributed by atoms with van der Waals surface area (Å²) in [6.07, 6.45) is 6.35. The molecular formula is C23H23FN4O3. The molecule has 0 aliphatic heterocycles. The molecule has 0 radical (unpaired) electrons. The lowest BCUT2D eigenvalue weighted by Gasteiger charge is -2.27. The van der Waals surface area contributed by atoms with Crippen LogP contribution in [0.15, 0.2) is 42.9 Å². The van der Waals surface area contributed by atoms with Crippen molar-refractivity contribution in [2.75, 3.05) is 13.7 Å². The fraction of sp³-hybridized carbons (Fsp3) is 0.304. The van der Waals surface area contributed by atoms with E-state index in [9.17, 15) is 9.18 Å². The van der Waals surface area contributed by atoms with Crippen LogP contribution in [0.2, 0.25) is 0 Å². The summed E-state index contributed by atoms with van der Waals surface area (Å²) in [6, 6.07) is 6.42. The molecule has 2 aromatic heterocycles. The molecule has 1 atom stereocenters. The number of nitrogens with one attached hydrogen (secondary N) is 1. The topological polar surface area (TPSA) is 86.2 Å². The molecule has 1 aromatic carbocycles. The zero-order valence-electron chi connectivity index (χ0n) is 17.4. The van der Waals surface area contributed by atoms with Crippen LogP contribution < -0.4 is 14.8 Å². The van der Waals surface area contributed by atoms with Crippen molar-refractivity contribution in [2.45, 2.75) is 32.2 Å². The van der Waals surface area contributed by atoms with Gasteiger partial charge in [0.25, 0.3) is 5.91 Å². The second kappa shape index (κ2) is 9.07. The largest absolute Gasteiger partial charge is 0.496 e. The predicted octanol–water partition coefficient (Wildman–Crippen LogP) is 3.37. The molecule has 0 bridgehead atoms. The maximum atomic E-state index is 14.3. The van der Waals surface area contributed by atoms with Gasteiger partial charge in [-0.25, -0.2) is 14.4 Å². The van der Waals surface area contributed by atoms with Crippen LogP contribution in [0.4, 0.5) is 4.39 Å². The lowest BCUT2D eigenvalue weighted by atomic mass is 9.87. The number of methoxy groups -OCH3 is 1. The van der Waals surface area contributed by atoms with E-state index in [2.05, 4.69) is 20.3 Å². The first-order valence-electron chi connectivity index (χ1n) is 10.2. The van der Waals surface area contributed by atoms with Gasteiger partial charge in [0.15, 0.2) is 0 Å². The Morgan fingerprint density at radius 3 is 2.81 bits per heavy atom. The highest BCUT2D eigenvalue weighted by Gasteiger charge is 2.26. The number of aromatic nitrogens is 3. The van der Waals surface area contributed by atoms with Gasteiger partial charge in [-0.15, -0.1) is 0 Å². The van der Waals surface area contributed by atoms with Crippen LogP contribution in [0.3, 0.4) is 0 Å². The lowest BCUT2D eigenvalue weighted by molar-refractivity contribution is 0.0928. The second-order valence-corrected chi connectivity index (χ2v) is 7.23. The summed E-state index contributed by atoms with van der Waals surface area (Å²) >= 11 is 0. The third kappa shape index (κ3) is 4.47. The van der Waals surface area contributed by atoms with Crippen LogP contribution >= 0.6 is 0 Å². The van der Waals surface area contributed by atoms with Crippen molar-refractivity contribution in [3.8, 4) is 22.9 Å². The average molecular weight is 422 g/mol. The van der Waals surface area contributed by atoms with E-state index in [-0.39, 0.29) is 23.5 Å². The summed E-state index contributed by atoms with van der Waals surface area (Å²) in [5, 5.41) is 2.96. The van der Waals surface area contributed by atoms with E-state index in [1.807, 2.05) is 13.0 Å². The normalized spacial score (nSPS) is 15.1. The van der Waals surface area contributed by atoms with E-state index in [1.54, 1.807) is 31.6 Å². The molecule has 2 heterocycles. The Morgan fingerprint density at radius 1 is 1.19 bits per heavy atom. The molecule has 1 amide bonds. The number of rotatable bonds is 6. The Kier molecular flexibility index (Phi) is 6.06. The summed E-state index contributed by atoms with van der Waals surface area (Å²) in [7, 11) is 1.58. The molecule has 0 saturated carbocycles. The molecule has 0 spiro atoms. The van der Waals surface area contributed by atoms with Crippen LogP contribution in [-0.2, 0) is 12.8 Å². The number of fused-ring (bicyclic) bond motifs is 1. The van der Waals surface area contributed by atoms with Gasteiger partial charge in [0.05, 0.1) is 31.8 Å². The van der Waals surface area contributed by atoms with Gasteiger partial charge in [-0.05, 0) is 49.9 Å². The minimum atomic E-state index is -0.343. The first-order valence-corrected chi connectivity index (χ1v) is 10.2. The highest BCUT2D eigenvalue weighted by atomic mass is 19.1. The molecule has 4 rings (SSSR count). The number of ether oxygens (including phenoxy) is 2. The molecule has 3 aromatic rings. The van der Waals surface area contributed by atoms with Crippen LogP contribution in [-0.4, -0.2) is 40.6 Å². The van der Waals surface area contributed by atoms with Gasteiger partial charge in [-0.1, -0.05) is 0 Å². The molecule has 8 heteroatoms. The van der Waals surface area contributed by atoms with E-state index in [1.165, 1.54) is 12.3 Å². The number of hydrogen-bond donors (Lipinski definition) is 1. The Morgan fingerprint density at radius 2 is 2.06 bits per heavy atom. The van der Waals surface area contributed by atoms with Crippen molar-refractivity contribution in [1.29, 1.82) is 0 Å². The number of amides is 1. The van der Waals surface area contributed by atoms with Crippen LogP contribution in [0, 0.1) is 5.82 Å². The number of halogens is 1. The van der Waals surface area contributed by atoms with Crippen molar-refractivity contribution >= 4 is 5.91 Å². The maximum Gasteiger partial charge on any atom is 0.271 e. The fourth-order valence-electron chi connectivity index (χ4n) is 3.76. The zero-order chi connectivity index (χ0) is 21.8. The van der Waals surface area contributed by atoms with Crippen LogP contribution in [0.1, 0.15) is 35.0 Å². The highest BCUT2D eigenvalue weighted by Crippen LogP contribution is 2.31. The summed E-state index contributed by atoms with van der Waals surface area (Å²) in [5.74, 6) is 0.586. The highest BCUT2D eigenvalue weighted by molar-refractivity contribution is 5.92. The monoisotopic (exact) mass is 422 g/mol. The van der Waals surface area contributed by atoms with E-state index < -0.39 is 0 Å². The fourth-order valence-corrected chi connectivity index (χ4v) is 3.76. The summed E-state index contributed by atoms with van der Waals surface area (Å²) in [6.45, 7) is 2.42. The Hall–Kier alpha value is -3.55. The van der Waals surface area contributed by atoms with E-state index in [4.69, 9.17) is 9.47 Å². The number of pyridine rings is 1. The van der Waals surface area contributed by atoms with Gasteiger partial charge in [0, 0.05) is 29.4 Å². The van der Waals surface area contributed by atoms with E-state index in [0.29, 0.717) is 48.8 Å². The average Bonchev–Trinajstić information content (AvgIpc) is 2.80. The first kappa shape index (κ1) is 20.7. The lowest BCUT2D eigenvalue weighted by Crippen LogP contribution is -2.39. The van der Waals surface area contributed by atoms with E-state index >= 15 is 0 Å². The van der Waals surface area contributed by atoms with Gasteiger partial charge in [-0.3, -0.25) is 9.78 Å². The second-order valence-electron chi connectivity index (χ2n) is 7.23. The van der Waals surface area contributed by atoms with Crippen molar-refractivity contribution in [1.82, 2.24) is 20.3 Å². The smallest absolute Gasteiger partial charge is 0.271 e. The number of carbonyl (C=O) groups is 1. The summed E-state index contributed by atoms with van der Waals surface area (Å²) in [5.41, 5.74) is 2.93. The maximum absolute atomic E-state index is 14.3. The van der Waals surface area contributed by atoms with Gasteiger partial charge in [-0.2, -0.15) is 0 Å². The molecular weight excluding hydrogens is 399 g/mol. The standard InChI is InChI=1S/C23H23FN4O3/c1-3-31-22-9-4-14(11-26-22)19-12-25-13-20(28-19)23(29)27-15-5-6-16-17(10-15)18(24)7-8-21(16)30-2/h4,7-9,11-13,15H,3,5-6,10H2,1-2H3,(H,27,29)/t15-/m0/s1. The molecule has 31 heavy (non-hydrogen) atoms. The molecule has 0 saturated heterocycles. The molecule has 1 N–H and O–H groups in total.